The molecule has 0 radical (unpaired) electrons. The highest BCUT2D eigenvalue weighted by Crippen LogP contribution is 2.23. The van der Waals surface area contributed by atoms with Gasteiger partial charge in [0.15, 0.2) is 17.5 Å². The SMILES string of the molecule is CN(CC1CCCNC1)S(=O)(=O)c1ccc(F)c(F)c1F. The second-order valence-corrected chi connectivity index (χ2v) is 7.18. The zero-order valence-corrected chi connectivity index (χ0v) is 12.4. The van der Waals surface area contributed by atoms with E-state index in [1.54, 1.807) is 0 Å². The fraction of sp³-hybridized carbons (Fsp3) is 0.538. The van der Waals surface area contributed by atoms with Gasteiger partial charge in [-0.2, -0.15) is 0 Å². The van der Waals surface area contributed by atoms with Crippen molar-refractivity contribution in [2.75, 3.05) is 26.7 Å². The Kier molecular flexibility index (Phi) is 4.90. The summed E-state index contributed by atoms with van der Waals surface area (Å²) in [6.07, 6.45) is 1.81. The molecule has 1 aromatic carbocycles. The van der Waals surface area contributed by atoms with Crippen molar-refractivity contribution in [2.24, 2.45) is 5.92 Å². The van der Waals surface area contributed by atoms with Crippen molar-refractivity contribution in [1.82, 2.24) is 9.62 Å². The van der Waals surface area contributed by atoms with Gasteiger partial charge in [-0.25, -0.2) is 25.9 Å². The summed E-state index contributed by atoms with van der Waals surface area (Å²) < 4.78 is 65.3. The minimum Gasteiger partial charge on any atom is -0.316 e. The minimum atomic E-state index is -4.18. The molecule has 1 atom stereocenters. The molecule has 1 saturated heterocycles. The maximum atomic E-state index is 13.7. The quantitative estimate of drug-likeness (QED) is 0.859. The summed E-state index contributed by atoms with van der Waals surface area (Å²) in [5.74, 6) is -4.75. The topological polar surface area (TPSA) is 49.4 Å². The molecule has 0 spiro atoms. The molecule has 0 saturated carbocycles. The van der Waals surface area contributed by atoms with Crippen molar-refractivity contribution < 1.29 is 21.6 Å². The molecule has 0 aromatic heterocycles. The highest BCUT2D eigenvalue weighted by molar-refractivity contribution is 7.89. The van der Waals surface area contributed by atoms with Crippen molar-refractivity contribution in [3.8, 4) is 0 Å². The third-order valence-corrected chi connectivity index (χ3v) is 5.44. The Morgan fingerprint density at radius 1 is 1.29 bits per heavy atom. The van der Waals surface area contributed by atoms with E-state index in [1.165, 1.54) is 7.05 Å². The number of hydrogen-bond acceptors (Lipinski definition) is 3. The van der Waals surface area contributed by atoms with Crippen molar-refractivity contribution >= 4 is 10.0 Å². The van der Waals surface area contributed by atoms with Crippen LogP contribution in [0.25, 0.3) is 0 Å². The Labute approximate surface area is 122 Å². The summed E-state index contributed by atoms with van der Waals surface area (Å²) >= 11 is 0. The zero-order valence-electron chi connectivity index (χ0n) is 11.6. The predicted octanol–water partition coefficient (Wildman–Crippen LogP) is 1.72. The minimum absolute atomic E-state index is 0.117. The van der Waals surface area contributed by atoms with Gasteiger partial charge in [-0.15, -0.1) is 0 Å². The molecule has 1 aliphatic rings. The lowest BCUT2D eigenvalue weighted by Gasteiger charge is -2.27. The molecule has 1 aromatic rings. The molecule has 2 rings (SSSR count). The summed E-state index contributed by atoms with van der Waals surface area (Å²) in [6.45, 7) is 1.78. The molecule has 21 heavy (non-hydrogen) atoms. The fourth-order valence-corrected chi connectivity index (χ4v) is 3.72. The van der Waals surface area contributed by atoms with Crippen LogP contribution in [0.2, 0.25) is 0 Å². The van der Waals surface area contributed by atoms with Crippen LogP contribution in [0.4, 0.5) is 13.2 Å². The van der Waals surface area contributed by atoms with Crippen molar-refractivity contribution in [3.63, 3.8) is 0 Å². The summed E-state index contributed by atoms with van der Waals surface area (Å²) in [5, 5.41) is 3.15. The van der Waals surface area contributed by atoms with E-state index in [0.717, 1.165) is 29.8 Å². The van der Waals surface area contributed by atoms with E-state index in [1.807, 2.05) is 0 Å². The van der Waals surface area contributed by atoms with Gasteiger partial charge in [0.2, 0.25) is 10.0 Å². The van der Waals surface area contributed by atoms with Gasteiger partial charge in [0.05, 0.1) is 0 Å². The lowest BCUT2D eigenvalue weighted by Crippen LogP contribution is -2.39. The first kappa shape index (κ1) is 16.3. The number of hydrogen-bond donors (Lipinski definition) is 1. The van der Waals surface area contributed by atoms with E-state index in [9.17, 15) is 21.6 Å². The number of benzene rings is 1. The predicted molar refractivity (Wildman–Crippen MR) is 71.7 cm³/mol. The highest BCUT2D eigenvalue weighted by atomic mass is 32.2. The lowest BCUT2D eigenvalue weighted by molar-refractivity contribution is 0.313. The third kappa shape index (κ3) is 3.38. The van der Waals surface area contributed by atoms with E-state index in [0.29, 0.717) is 12.6 Å². The number of rotatable bonds is 4. The van der Waals surface area contributed by atoms with Crippen LogP contribution in [0.15, 0.2) is 17.0 Å². The number of piperidine rings is 1. The second kappa shape index (κ2) is 6.33. The van der Waals surface area contributed by atoms with Crippen LogP contribution in [0.1, 0.15) is 12.8 Å². The maximum absolute atomic E-state index is 13.7. The van der Waals surface area contributed by atoms with Gasteiger partial charge in [-0.1, -0.05) is 0 Å². The summed E-state index contributed by atoms with van der Waals surface area (Å²) in [7, 11) is -2.87. The monoisotopic (exact) mass is 322 g/mol. The number of nitrogens with one attached hydrogen (secondary N) is 1. The van der Waals surface area contributed by atoms with Crippen molar-refractivity contribution in [2.45, 2.75) is 17.7 Å². The molecule has 1 N–H and O–H groups in total. The molecule has 0 bridgehead atoms. The average Bonchev–Trinajstić information content (AvgIpc) is 2.45. The van der Waals surface area contributed by atoms with Gasteiger partial charge in [-0.05, 0) is 44.0 Å². The van der Waals surface area contributed by atoms with Crippen LogP contribution in [0, 0.1) is 23.4 Å². The van der Waals surface area contributed by atoms with E-state index < -0.39 is 32.4 Å². The normalized spacial score (nSPS) is 20.0. The molecular formula is C13H17F3N2O2S. The Balaban J connectivity index is 2.22. The second-order valence-electron chi connectivity index (χ2n) is 5.17. The molecule has 1 fully saturated rings. The Hall–Kier alpha value is -1.12. The number of halogens is 3. The van der Waals surface area contributed by atoms with Gasteiger partial charge in [0.1, 0.15) is 4.90 Å². The fourth-order valence-electron chi connectivity index (χ4n) is 2.42. The first-order chi connectivity index (χ1) is 9.84. The molecule has 0 amide bonds. The number of nitrogens with zero attached hydrogens (tertiary/aromatic N) is 1. The van der Waals surface area contributed by atoms with E-state index in [4.69, 9.17) is 0 Å². The molecule has 1 unspecified atom stereocenters. The Morgan fingerprint density at radius 3 is 2.62 bits per heavy atom. The van der Waals surface area contributed by atoms with Gasteiger partial charge >= 0.3 is 0 Å². The summed E-state index contributed by atoms with van der Waals surface area (Å²) in [6, 6.07) is 1.36. The van der Waals surface area contributed by atoms with Gasteiger partial charge in [-0.3, -0.25) is 0 Å². The lowest BCUT2D eigenvalue weighted by atomic mass is 10.00. The van der Waals surface area contributed by atoms with E-state index in [2.05, 4.69) is 5.32 Å². The zero-order chi connectivity index (χ0) is 15.6. The molecule has 1 aliphatic heterocycles. The standard InChI is InChI=1S/C13H17F3N2O2S/c1-18(8-9-3-2-6-17-7-9)21(19,20)11-5-4-10(14)12(15)13(11)16/h4-5,9,17H,2-3,6-8H2,1H3. The first-order valence-electron chi connectivity index (χ1n) is 6.64. The van der Waals surface area contributed by atoms with Gasteiger partial charge in [0.25, 0.3) is 0 Å². The van der Waals surface area contributed by atoms with E-state index in [-0.39, 0.29) is 12.5 Å². The molecular weight excluding hydrogens is 305 g/mol. The molecule has 4 nitrogen and oxygen atoms in total. The summed E-state index contributed by atoms with van der Waals surface area (Å²) in [4.78, 5) is -0.840. The molecule has 8 heteroatoms. The van der Waals surface area contributed by atoms with Crippen LogP contribution in [-0.4, -0.2) is 39.4 Å². The number of sulfonamides is 1. The van der Waals surface area contributed by atoms with Crippen molar-refractivity contribution in [3.05, 3.63) is 29.6 Å². The smallest absolute Gasteiger partial charge is 0.245 e. The van der Waals surface area contributed by atoms with Gasteiger partial charge < -0.3 is 5.32 Å². The van der Waals surface area contributed by atoms with Gasteiger partial charge in [0, 0.05) is 13.6 Å². The first-order valence-corrected chi connectivity index (χ1v) is 8.08. The largest absolute Gasteiger partial charge is 0.316 e. The maximum Gasteiger partial charge on any atom is 0.245 e. The average molecular weight is 322 g/mol. The Morgan fingerprint density at radius 2 is 2.00 bits per heavy atom. The van der Waals surface area contributed by atoms with Crippen molar-refractivity contribution in [1.29, 1.82) is 0 Å². The van der Waals surface area contributed by atoms with Crippen LogP contribution in [-0.2, 0) is 10.0 Å². The third-order valence-electron chi connectivity index (χ3n) is 3.60. The van der Waals surface area contributed by atoms with Crippen LogP contribution in [0.3, 0.4) is 0 Å². The van der Waals surface area contributed by atoms with Crippen LogP contribution >= 0.6 is 0 Å². The van der Waals surface area contributed by atoms with Crippen LogP contribution < -0.4 is 5.32 Å². The highest BCUT2D eigenvalue weighted by Gasteiger charge is 2.29. The summed E-state index contributed by atoms with van der Waals surface area (Å²) in [5.41, 5.74) is 0. The Bertz CT molecular complexity index is 616. The molecule has 1 heterocycles. The molecule has 0 aliphatic carbocycles. The van der Waals surface area contributed by atoms with Crippen LogP contribution in [0.5, 0.6) is 0 Å². The molecule has 118 valence electrons. The van der Waals surface area contributed by atoms with E-state index >= 15 is 0 Å².